The van der Waals surface area contributed by atoms with Gasteiger partial charge in [0.2, 0.25) is 10.0 Å². The predicted molar refractivity (Wildman–Crippen MR) is 83.3 cm³/mol. The van der Waals surface area contributed by atoms with Crippen molar-refractivity contribution in [1.29, 1.82) is 0 Å². The second-order valence-corrected chi connectivity index (χ2v) is 7.39. The van der Waals surface area contributed by atoms with Crippen LogP contribution in [-0.4, -0.2) is 8.42 Å². The molecule has 1 heterocycles. The number of hydrogen-bond donors (Lipinski definition) is 2. The Balaban J connectivity index is 2.19. The Labute approximate surface area is 123 Å². The van der Waals surface area contributed by atoms with Crippen LogP contribution in [0.25, 0.3) is 0 Å². The summed E-state index contributed by atoms with van der Waals surface area (Å²) in [7, 11) is -3.53. The first-order valence-corrected chi connectivity index (χ1v) is 8.70. The molecule has 4 nitrogen and oxygen atoms in total. The highest BCUT2D eigenvalue weighted by Crippen LogP contribution is 2.20. The molecule has 6 heteroatoms. The molecule has 108 valence electrons. The first kappa shape index (κ1) is 15.0. The van der Waals surface area contributed by atoms with Gasteiger partial charge in [-0.15, -0.1) is 11.3 Å². The Morgan fingerprint density at radius 3 is 2.70 bits per heavy atom. The van der Waals surface area contributed by atoms with Crippen LogP contribution in [0.5, 0.6) is 0 Å². The average molecular weight is 310 g/mol. The lowest BCUT2D eigenvalue weighted by atomic mass is 10.2. The smallest absolute Gasteiger partial charge is 0.240 e. The summed E-state index contributed by atoms with van der Waals surface area (Å²) in [4.78, 5) is 1.27. The number of nitrogens with one attached hydrogen (secondary N) is 1. The van der Waals surface area contributed by atoms with Crippen molar-refractivity contribution in [3.63, 3.8) is 0 Å². The van der Waals surface area contributed by atoms with Crippen molar-refractivity contribution in [2.45, 2.75) is 31.7 Å². The van der Waals surface area contributed by atoms with Gasteiger partial charge in [-0.05, 0) is 54.1 Å². The molecule has 0 aliphatic carbocycles. The Morgan fingerprint density at radius 1 is 1.30 bits per heavy atom. The lowest BCUT2D eigenvalue weighted by Gasteiger charge is -2.08. The maximum Gasteiger partial charge on any atom is 0.240 e. The van der Waals surface area contributed by atoms with Gasteiger partial charge in [0.1, 0.15) is 0 Å². The fraction of sp³-hybridized carbons (Fsp3) is 0.286. The highest BCUT2D eigenvalue weighted by molar-refractivity contribution is 7.89. The Hall–Kier alpha value is -1.37. The van der Waals surface area contributed by atoms with Crippen molar-refractivity contribution in [3.05, 3.63) is 45.6 Å². The van der Waals surface area contributed by atoms with E-state index in [4.69, 9.17) is 5.73 Å². The van der Waals surface area contributed by atoms with E-state index in [9.17, 15) is 8.42 Å². The molecule has 3 N–H and O–H groups in total. The summed E-state index contributed by atoms with van der Waals surface area (Å²) >= 11 is 1.56. The molecule has 0 bridgehead atoms. The van der Waals surface area contributed by atoms with E-state index in [1.807, 2.05) is 18.4 Å². The SMILES string of the molecule is CCc1ccsc1CNS(=O)(=O)c1cc(C)cc(N)c1. The number of sulfonamides is 1. The zero-order chi connectivity index (χ0) is 14.8. The predicted octanol–water partition coefficient (Wildman–Crippen LogP) is 2.68. The van der Waals surface area contributed by atoms with Gasteiger partial charge in [-0.2, -0.15) is 0 Å². The highest BCUT2D eigenvalue weighted by Gasteiger charge is 2.15. The van der Waals surface area contributed by atoms with Gasteiger partial charge in [-0.25, -0.2) is 13.1 Å². The fourth-order valence-electron chi connectivity index (χ4n) is 2.01. The molecule has 0 spiro atoms. The van der Waals surface area contributed by atoms with Crippen LogP contribution in [0.4, 0.5) is 5.69 Å². The normalized spacial score (nSPS) is 11.7. The lowest BCUT2D eigenvalue weighted by molar-refractivity contribution is 0.581. The quantitative estimate of drug-likeness (QED) is 0.834. The van der Waals surface area contributed by atoms with Crippen molar-refractivity contribution < 1.29 is 8.42 Å². The second kappa shape index (κ2) is 5.95. The lowest BCUT2D eigenvalue weighted by Crippen LogP contribution is -2.23. The number of benzene rings is 1. The van der Waals surface area contributed by atoms with Crippen LogP contribution in [0.2, 0.25) is 0 Å². The summed E-state index contributed by atoms with van der Waals surface area (Å²) in [5, 5.41) is 1.98. The van der Waals surface area contributed by atoms with Crippen LogP contribution in [-0.2, 0) is 23.0 Å². The molecule has 2 aromatic rings. The first-order valence-electron chi connectivity index (χ1n) is 6.34. The third kappa shape index (κ3) is 3.39. The third-order valence-corrected chi connectivity index (χ3v) is 5.37. The van der Waals surface area contributed by atoms with Gasteiger partial charge >= 0.3 is 0 Å². The molecule has 0 aliphatic heterocycles. The van der Waals surface area contributed by atoms with E-state index in [-0.39, 0.29) is 4.90 Å². The molecule has 1 aromatic carbocycles. The van der Waals surface area contributed by atoms with E-state index < -0.39 is 10.0 Å². The number of thiophene rings is 1. The molecule has 0 radical (unpaired) electrons. The van der Waals surface area contributed by atoms with Gasteiger partial charge in [0.15, 0.2) is 0 Å². The number of nitrogen functional groups attached to an aromatic ring is 1. The molecule has 0 saturated carbocycles. The first-order chi connectivity index (χ1) is 9.42. The van der Waals surface area contributed by atoms with E-state index in [1.54, 1.807) is 23.5 Å². The Kier molecular flexibility index (Phi) is 4.47. The number of rotatable bonds is 5. The zero-order valence-corrected chi connectivity index (χ0v) is 13.1. The molecule has 0 saturated heterocycles. The van der Waals surface area contributed by atoms with Crippen molar-refractivity contribution in [2.24, 2.45) is 0 Å². The number of aryl methyl sites for hydroxylation is 2. The Bertz CT molecular complexity index is 685. The fourth-order valence-corrected chi connectivity index (χ4v) is 4.15. The van der Waals surface area contributed by atoms with E-state index in [0.29, 0.717) is 12.2 Å². The summed E-state index contributed by atoms with van der Waals surface area (Å²) in [5.74, 6) is 0. The summed E-state index contributed by atoms with van der Waals surface area (Å²) in [6, 6.07) is 6.87. The molecule has 1 aromatic heterocycles. The average Bonchev–Trinajstić information content (AvgIpc) is 2.82. The summed E-state index contributed by atoms with van der Waals surface area (Å²) < 4.78 is 27.2. The van der Waals surface area contributed by atoms with Crippen LogP contribution in [0.15, 0.2) is 34.5 Å². The van der Waals surface area contributed by atoms with Gasteiger partial charge < -0.3 is 5.73 Å². The molecule has 0 amide bonds. The van der Waals surface area contributed by atoms with Crippen LogP contribution < -0.4 is 10.5 Å². The summed E-state index contributed by atoms with van der Waals surface area (Å²) in [5.41, 5.74) is 8.17. The minimum Gasteiger partial charge on any atom is -0.399 e. The molecule has 20 heavy (non-hydrogen) atoms. The van der Waals surface area contributed by atoms with Gasteiger partial charge in [0.05, 0.1) is 4.90 Å². The monoisotopic (exact) mass is 310 g/mol. The third-order valence-electron chi connectivity index (χ3n) is 3.02. The van der Waals surface area contributed by atoms with Crippen molar-refractivity contribution in [3.8, 4) is 0 Å². The summed E-state index contributed by atoms with van der Waals surface area (Å²) in [6.45, 7) is 4.20. The van der Waals surface area contributed by atoms with Gasteiger partial charge in [0.25, 0.3) is 0 Å². The maximum atomic E-state index is 12.3. The van der Waals surface area contributed by atoms with Gasteiger partial charge in [0, 0.05) is 17.1 Å². The Morgan fingerprint density at radius 2 is 2.05 bits per heavy atom. The molecular formula is C14H18N2O2S2. The zero-order valence-electron chi connectivity index (χ0n) is 11.5. The van der Waals surface area contributed by atoms with Crippen LogP contribution in [0.3, 0.4) is 0 Å². The largest absolute Gasteiger partial charge is 0.399 e. The van der Waals surface area contributed by atoms with Crippen LogP contribution >= 0.6 is 11.3 Å². The molecule has 0 aliphatic rings. The molecule has 0 atom stereocenters. The molecular weight excluding hydrogens is 292 g/mol. The topological polar surface area (TPSA) is 72.2 Å². The van der Waals surface area contributed by atoms with E-state index >= 15 is 0 Å². The minimum absolute atomic E-state index is 0.213. The number of anilines is 1. The van der Waals surface area contributed by atoms with E-state index in [1.165, 1.54) is 11.6 Å². The van der Waals surface area contributed by atoms with E-state index in [2.05, 4.69) is 11.6 Å². The van der Waals surface area contributed by atoms with Gasteiger partial charge in [-0.3, -0.25) is 0 Å². The number of hydrogen-bond acceptors (Lipinski definition) is 4. The van der Waals surface area contributed by atoms with Crippen molar-refractivity contribution in [2.75, 3.05) is 5.73 Å². The minimum atomic E-state index is -3.53. The van der Waals surface area contributed by atoms with Crippen LogP contribution in [0.1, 0.15) is 22.9 Å². The maximum absolute atomic E-state index is 12.3. The highest BCUT2D eigenvalue weighted by atomic mass is 32.2. The van der Waals surface area contributed by atoms with E-state index in [0.717, 1.165) is 16.9 Å². The molecule has 2 rings (SSSR count). The standard InChI is InChI=1S/C14H18N2O2S2/c1-3-11-4-5-19-14(11)9-16-20(17,18)13-7-10(2)6-12(15)8-13/h4-8,16H,3,9,15H2,1-2H3. The second-order valence-electron chi connectivity index (χ2n) is 4.63. The number of nitrogens with two attached hydrogens (primary N) is 1. The molecule has 0 fully saturated rings. The van der Waals surface area contributed by atoms with Crippen molar-refractivity contribution >= 4 is 27.0 Å². The molecule has 0 unspecified atom stereocenters. The van der Waals surface area contributed by atoms with Gasteiger partial charge in [-0.1, -0.05) is 6.92 Å². The van der Waals surface area contributed by atoms with Crippen LogP contribution in [0, 0.1) is 6.92 Å². The summed E-state index contributed by atoms with van der Waals surface area (Å²) in [6.07, 6.45) is 0.901. The van der Waals surface area contributed by atoms with Crippen molar-refractivity contribution in [1.82, 2.24) is 4.72 Å².